The van der Waals surface area contributed by atoms with Crippen molar-refractivity contribution >= 4 is 5.91 Å². The lowest BCUT2D eigenvalue weighted by atomic mass is 10.1. The first-order chi connectivity index (χ1) is 6.84. The molecule has 2 saturated heterocycles. The first-order valence-electron chi connectivity index (χ1n) is 5.59. The van der Waals surface area contributed by atoms with Crippen molar-refractivity contribution in [3.05, 3.63) is 0 Å². The summed E-state index contributed by atoms with van der Waals surface area (Å²) < 4.78 is 0. The molecule has 0 spiro atoms. The van der Waals surface area contributed by atoms with Crippen molar-refractivity contribution in [1.82, 2.24) is 15.1 Å². The lowest BCUT2D eigenvalue weighted by Crippen LogP contribution is -2.63. The normalized spacial score (nSPS) is 34.4. The van der Waals surface area contributed by atoms with Gasteiger partial charge in [0.05, 0.1) is 12.6 Å². The van der Waals surface area contributed by atoms with E-state index in [0.717, 1.165) is 32.2 Å². The highest BCUT2D eigenvalue weighted by molar-refractivity contribution is 5.79. The predicted octanol–water partition coefficient (Wildman–Crippen LogP) is -0.735. The van der Waals surface area contributed by atoms with Gasteiger partial charge in [-0.15, -0.1) is 0 Å². The summed E-state index contributed by atoms with van der Waals surface area (Å²) in [6.07, 6.45) is 2.74. The van der Waals surface area contributed by atoms with Crippen LogP contribution in [0.15, 0.2) is 0 Å². The SMILES string of the molecule is O=C1CNCC2CN(C3CC3)CCN12. The second-order valence-electron chi connectivity index (χ2n) is 4.60. The van der Waals surface area contributed by atoms with E-state index in [2.05, 4.69) is 15.1 Å². The molecule has 1 N–H and O–H groups in total. The first-order valence-corrected chi connectivity index (χ1v) is 5.59. The van der Waals surface area contributed by atoms with Crippen LogP contribution in [-0.2, 0) is 4.79 Å². The second kappa shape index (κ2) is 3.21. The molecule has 0 aromatic carbocycles. The van der Waals surface area contributed by atoms with E-state index in [-0.39, 0.29) is 5.91 Å². The highest BCUT2D eigenvalue weighted by Gasteiger charge is 2.38. The van der Waals surface area contributed by atoms with Crippen LogP contribution < -0.4 is 5.32 Å². The molecule has 0 aromatic rings. The van der Waals surface area contributed by atoms with Gasteiger partial charge in [0.15, 0.2) is 0 Å². The zero-order chi connectivity index (χ0) is 9.54. The molecule has 1 saturated carbocycles. The summed E-state index contributed by atoms with van der Waals surface area (Å²) in [5.74, 6) is 0.289. The second-order valence-corrected chi connectivity index (χ2v) is 4.60. The monoisotopic (exact) mass is 195 g/mol. The van der Waals surface area contributed by atoms with Crippen LogP contribution in [0.25, 0.3) is 0 Å². The van der Waals surface area contributed by atoms with Crippen molar-refractivity contribution in [3.8, 4) is 0 Å². The highest BCUT2D eigenvalue weighted by atomic mass is 16.2. The van der Waals surface area contributed by atoms with Gasteiger partial charge < -0.3 is 10.2 Å². The van der Waals surface area contributed by atoms with E-state index < -0.39 is 0 Å². The summed E-state index contributed by atoms with van der Waals surface area (Å²) in [5.41, 5.74) is 0. The molecule has 3 fully saturated rings. The predicted molar refractivity (Wildman–Crippen MR) is 53.0 cm³/mol. The Kier molecular flexibility index (Phi) is 1.99. The van der Waals surface area contributed by atoms with E-state index >= 15 is 0 Å². The van der Waals surface area contributed by atoms with E-state index in [4.69, 9.17) is 0 Å². The van der Waals surface area contributed by atoms with Gasteiger partial charge in [0.2, 0.25) is 5.91 Å². The number of amides is 1. The van der Waals surface area contributed by atoms with Crippen LogP contribution in [0, 0.1) is 0 Å². The Morgan fingerprint density at radius 3 is 2.86 bits per heavy atom. The quantitative estimate of drug-likeness (QED) is 0.599. The summed E-state index contributed by atoms with van der Waals surface area (Å²) in [7, 11) is 0. The number of rotatable bonds is 1. The molecule has 14 heavy (non-hydrogen) atoms. The molecule has 78 valence electrons. The molecule has 0 radical (unpaired) electrons. The Balaban J connectivity index is 1.67. The van der Waals surface area contributed by atoms with E-state index in [1.807, 2.05) is 0 Å². The van der Waals surface area contributed by atoms with Gasteiger partial charge in [-0.3, -0.25) is 9.69 Å². The number of carbonyl (C=O) groups excluding carboxylic acids is 1. The minimum Gasteiger partial charge on any atom is -0.335 e. The summed E-state index contributed by atoms with van der Waals surface area (Å²) in [6.45, 7) is 4.65. The molecule has 1 unspecified atom stereocenters. The number of hydrogen-bond acceptors (Lipinski definition) is 3. The van der Waals surface area contributed by atoms with Crippen molar-refractivity contribution in [2.24, 2.45) is 0 Å². The molecule has 1 aliphatic carbocycles. The van der Waals surface area contributed by atoms with E-state index in [1.54, 1.807) is 0 Å². The molecule has 2 heterocycles. The van der Waals surface area contributed by atoms with Gasteiger partial charge in [-0.1, -0.05) is 0 Å². The molecule has 1 amide bonds. The number of piperazine rings is 2. The van der Waals surface area contributed by atoms with Crippen molar-refractivity contribution in [2.75, 3.05) is 32.7 Å². The van der Waals surface area contributed by atoms with Crippen LogP contribution in [0.5, 0.6) is 0 Å². The Morgan fingerprint density at radius 1 is 1.21 bits per heavy atom. The third-order valence-corrected chi connectivity index (χ3v) is 3.55. The topological polar surface area (TPSA) is 35.6 Å². The molecule has 4 nitrogen and oxygen atoms in total. The van der Waals surface area contributed by atoms with Crippen LogP contribution in [0.3, 0.4) is 0 Å². The zero-order valence-electron chi connectivity index (χ0n) is 8.41. The third-order valence-electron chi connectivity index (χ3n) is 3.55. The van der Waals surface area contributed by atoms with Gasteiger partial charge in [0.25, 0.3) is 0 Å². The van der Waals surface area contributed by atoms with Crippen molar-refractivity contribution in [3.63, 3.8) is 0 Å². The molecule has 1 atom stereocenters. The van der Waals surface area contributed by atoms with Crippen LogP contribution in [0.4, 0.5) is 0 Å². The summed E-state index contributed by atoms with van der Waals surface area (Å²) >= 11 is 0. The fourth-order valence-corrected chi connectivity index (χ4v) is 2.60. The molecule has 3 aliphatic rings. The van der Waals surface area contributed by atoms with Gasteiger partial charge in [0, 0.05) is 32.2 Å². The average molecular weight is 195 g/mol. The molecular weight excluding hydrogens is 178 g/mol. The third kappa shape index (κ3) is 1.42. The Morgan fingerprint density at radius 2 is 2.07 bits per heavy atom. The first kappa shape index (κ1) is 8.68. The standard InChI is InChI=1S/C10H17N3O/c14-10-6-11-5-9-7-12(8-1-2-8)3-4-13(9)10/h8-9,11H,1-7H2. The minimum atomic E-state index is 0.289. The fourth-order valence-electron chi connectivity index (χ4n) is 2.60. The lowest BCUT2D eigenvalue weighted by molar-refractivity contribution is -0.137. The van der Waals surface area contributed by atoms with E-state index in [9.17, 15) is 4.79 Å². The molecule has 0 bridgehead atoms. The smallest absolute Gasteiger partial charge is 0.236 e. The van der Waals surface area contributed by atoms with Crippen LogP contribution in [0.2, 0.25) is 0 Å². The average Bonchev–Trinajstić information content (AvgIpc) is 3.01. The molecule has 2 aliphatic heterocycles. The van der Waals surface area contributed by atoms with Gasteiger partial charge in [0.1, 0.15) is 0 Å². The van der Waals surface area contributed by atoms with Crippen LogP contribution >= 0.6 is 0 Å². The number of nitrogens with one attached hydrogen (secondary N) is 1. The van der Waals surface area contributed by atoms with E-state index in [0.29, 0.717) is 12.6 Å². The summed E-state index contributed by atoms with van der Waals surface area (Å²) in [6, 6.07) is 1.28. The summed E-state index contributed by atoms with van der Waals surface area (Å²) in [4.78, 5) is 16.2. The van der Waals surface area contributed by atoms with Gasteiger partial charge in [-0.2, -0.15) is 0 Å². The van der Waals surface area contributed by atoms with Crippen molar-refractivity contribution in [2.45, 2.75) is 24.9 Å². The number of hydrogen-bond donors (Lipinski definition) is 1. The van der Waals surface area contributed by atoms with E-state index in [1.165, 1.54) is 12.8 Å². The maximum Gasteiger partial charge on any atom is 0.236 e. The number of carbonyl (C=O) groups is 1. The van der Waals surface area contributed by atoms with Crippen LogP contribution in [0.1, 0.15) is 12.8 Å². The number of fused-ring (bicyclic) bond motifs is 1. The molecule has 3 rings (SSSR count). The Hall–Kier alpha value is -0.610. The highest BCUT2D eigenvalue weighted by Crippen LogP contribution is 2.29. The summed E-state index contributed by atoms with van der Waals surface area (Å²) in [5, 5.41) is 3.20. The van der Waals surface area contributed by atoms with Gasteiger partial charge >= 0.3 is 0 Å². The maximum atomic E-state index is 11.6. The number of nitrogens with zero attached hydrogens (tertiary/aromatic N) is 2. The van der Waals surface area contributed by atoms with Crippen molar-refractivity contribution < 1.29 is 4.79 Å². The molecule has 0 aromatic heterocycles. The minimum absolute atomic E-state index is 0.289. The Labute approximate surface area is 84.2 Å². The fraction of sp³-hybridized carbons (Fsp3) is 0.900. The van der Waals surface area contributed by atoms with Crippen molar-refractivity contribution in [1.29, 1.82) is 0 Å². The van der Waals surface area contributed by atoms with Gasteiger partial charge in [-0.25, -0.2) is 0 Å². The maximum absolute atomic E-state index is 11.6. The lowest BCUT2D eigenvalue weighted by Gasteiger charge is -2.44. The Bertz CT molecular complexity index is 252. The zero-order valence-corrected chi connectivity index (χ0v) is 8.41. The molecule has 4 heteroatoms. The van der Waals surface area contributed by atoms with Gasteiger partial charge in [-0.05, 0) is 12.8 Å². The van der Waals surface area contributed by atoms with Crippen LogP contribution in [-0.4, -0.2) is 60.5 Å². The largest absolute Gasteiger partial charge is 0.335 e. The molecular formula is C10H17N3O.